The molecule has 1 aromatic carbocycles. The first-order valence-electron chi connectivity index (χ1n) is 10.4. The van der Waals surface area contributed by atoms with Crippen LogP contribution >= 0.6 is 0 Å². The summed E-state index contributed by atoms with van der Waals surface area (Å²) >= 11 is 0. The first kappa shape index (κ1) is 23.6. The summed E-state index contributed by atoms with van der Waals surface area (Å²) in [6.45, 7) is 10.4. The number of hydrogen-bond donors (Lipinski definition) is 2. The van der Waals surface area contributed by atoms with Crippen LogP contribution in [0.15, 0.2) is 30.3 Å². The van der Waals surface area contributed by atoms with E-state index in [0.29, 0.717) is 5.92 Å². The van der Waals surface area contributed by atoms with Gasteiger partial charge < -0.3 is 15.2 Å². The highest BCUT2D eigenvalue weighted by Gasteiger charge is 2.30. The lowest BCUT2D eigenvalue weighted by molar-refractivity contribution is -0.131. The number of rotatable bonds is 12. The molecule has 0 aromatic heterocycles. The average Bonchev–Trinajstić information content (AvgIpc) is 2.68. The lowest BCUT2D eigenvalue weighted by Crippen LogP contribution is -2.45. The van der Waals surface area contributed by atoms with Crippen LogP contribution in [0.1, 0.15) is 72.0 Å². The van der Waals surface area contributed by atoms with Gasteiger partial charge in [-0.15, -0.1) is 0 Å². The first-order chi connectivity index (χ1) is 12.8. The zero-order valence-corrected chi connectivity index (χ0v) is 17.9. The lowest BCUT2D eigenvalue weighted by Gasteiger charge is -2.30. The molecule has 0 aliphatic carbocycles. The largest absolute Gasteiger partial charge is 0.386 e. The second-order valence-electron chi connectivity index (χ2n) is 8.06. The van der Waals surface area contributed by atoms with Crippen molar-refractivity contribution in [2.45, 2.75) is 78.6 Å². The predicted molar refractivity (Wildman–Crippen MR) is 111 cm³/mol. The number of carbonyl (C=O) groups excluding carboxylic acids is 1. The zero-order valence-electron chi connectivity index (χ0n) is 17.9. The Balaban J connectivity index is 2.58. The van der Waals surface area contributed by atoms with Crippen molar-refractivity contribution >= 4 is 5.91 Å². The number of methoxy groups -OCH3 is 1. The third-order valence-corrected chi connectivity index (χ3v) is 5.78. The normalized spacial score (nSPS) is 18.2. The lowest BCUT2D eigenvalue weighted by atomic mass is 9.87. The Kier molecular flexibility index (Phi) is 10.6. The molecule has 1 rings (SSSR count). The van der Waals surface area contributed by atoms with Gasteiger partial charge in [0.2, 0.25) is 5.91 Å². The van der Waals surface area contributed by atoms with Gasteiger partial charge in [0.15, 0.2) is 0 Å². The maximum Gasteiger partial charge on any atom is 0.225 e. The summed E-state index contributed by atoms with van der Waals surface area (Å²) in [5, 5.41) is 13.4. The van der Waals surface area contributed by atoms with Crippen molar-refractivity contribution in [2.75, 3.05) is 7.11 Å². The average molecular weight is 378 g/mol. The van der Waals surface area contributed by atoms with Gasteiger partial charge in [-0.1, -0.05) is 77.3 Å². The van der Waals surface area contributed by atoms with Crippen molar-refractivity contribution in [2.24, 2.45) is 17.8 Å². The molecule has 2 N–H and O–H groups in total. The Labute approximate surface area is 165 Å². The van der Waals surface area contributed by atoms with E-state index in [1.165, 1.54) is 12.8 Å². The van der Waals surface area contributed by atoms with Crippen LogP contribution in [0.2, 0.25) is 0 Å². The minimum absolute atomic E-state index is 0.0712. The van der Waals surface area contributed by atoms with Crippen molar-refractivity contribution in [1.29, 1.82) is 0 Å². The zero-order chi connectivity index (χ0) is 20.4. The Morgan fingerprint density at radius 3 is 2.30 bits per heavy atom. The number of aliphatic hydroxyl groups is 1. The number of amides is 1. The van der Waals surface area contributed by atoms with E-state index in [2.05, 4.69) is 26.1 Å². The van der Waals surface area contributed by atoms with E-state index in [9.17, 15) is 9.90 Å². The van der Waals surface area contributed by atoms with E-state index in [0.717, 1.165) is 24.3 Å². The molecule has 0 saturated carbocycles. The summed E-state index contributed by atoms with van der Waals surface area (Å²) in [7, 11) is 1.68. The molecule has 0 aliphatic heterocycles. The van der Waals surface area contributed by atoms with E-state index in [4.69, 9.17) is 4.74 Å². The summed E-state index contributed by atoms with van der Waals surface area (Å²) in [5.74, 6) is 0.727. The molecular formula is C23H39NO3. The van der Waals surface area contributed by atoms with E-state index < -0.39 is 6.10 Å². The Hall–Kier alpha value is -1.39. The molecule has 6 unspecified atom stereocenters. The summed E-state index contributed by atoms with van der Waals surface area (Å²) < 4.78 is 5.68. The van der Waals surface area contributed by atoms with Gasteiger partial charge in [-0.25, -0.2) is 0 Å². The van der Waals surface area contributed by atoms with Crippen molar-refractivity contribution < 1.29 is 14.6 Å². The summed E-state index contributed by atoms with van der Waals surface area (Å²) in [6, 6.07) is 9.06. The molecule has 0 radical (unpaired) electrons. The van der Waals surface area contributed by atoms with E-state index in [1.807, 2.05) is 44.2 Å². The third kappa shape index (κ3) is 7.63. The monoisotopic (exact) mass is 377 g/mol. The quantitative estimate of drug-likeness (QED) is 0.554. The van der Waals surface area contributed by atoms with Gasteiger partial charge in [0.1, 0.15) is 0 Å². The number of nitrogens with one attached hydrogen (secondary N) is 1. The van der Waals surface area contributed by atoms with Crippen molar-refractivity contribution in [3.8, 4) is 0 Å². The van der Waals surface area contributed by atoms with Crippen LogP contribution < -0.4 is 5.32 Å². The Bertz CT molecular complexity index is 534. The number of benzene rings is 1. The van der Waals surface area contributed by atoms with Crippen molar-refractivity contribution in [3.05, 3.63) is 35.9 Å². The number of ether oxygens (including phenoxy) is 1. The fourth-order valence-corrected chi connectivity index (χ4v) is 3.61. The molecule has 4 nitrogen and oxygen atoms in total. The minimum Gasteiger partial charge on any atom is -0.386 e. The minimum atomic E-state index is -0.726. The molecule has 6 atom stereocenters. The molecule has 0 heterocycles. The first-order valence-corrected chi connectivity index (χ1v) is 10.4. The highest BCUT2D eigenvalue weighted by Crippen LogP contribution is 2.24. The van der Waals surface area contributed by atoms with Crippen LogP contribution in [0.25, 0.3) is 0 Å². The number of hydrogen-bond acceptors (Lipinski definition) is 3. The van der Waals surface area contributed by atoms with Crippen molar-refractivity contribution in [3.63, 3.8) is 0 Å². The van der Waals surface area contributed by atoms with Crippen LogP contribution in [-0.2, 0) is 9.53 Å². The molecule has 1 aromatic rings. The number of carbonyl (C=O) groups is 1. The van der Waals surface area contributed by atoms with Gasteiger partial charge >= 0.3 is 0 Å². The van der Waals surface area contributed by atoms with E-state index in [1.54, 1.807) is 7.11 Å². The van der Waals surface area contributed by atoms with Crippen molar-refractivity contribution in [1.82, 2.24) is 5.32 Å². The molecule has 4 heteroatoms. The molecule has 0 saturated heterocycles. The van der Waals surface area contributed by atoms with Gasteiger partial charge in [-0.2, -0.15) is 0 Å². The van der Waals surface area contributed by atoms with Gasteiger partial charge in [-0.3, -0.25) is 4.79 Å². The van der Waals surface area contributed by atoms with Gasteiger partial charge in [0, 0.05) is 7.11 Å². The van der Waals surface area contributed by atoms with Crippen LogP contribution in [0.5, 0.6) is 0 Å². The molecule has 0 spiro atoms. The van der Waals surface area contributed by atoms with Gasteiger partial charge in [0.05, 0.1) is 24.2 Å². The van der Waals surface area contributed by atoms with Crippen LogP contribution in [0, 0.1) is 17.8 Å². The summed E-state index contributed by atoms with van der Waals surface area (Å²) in [5.41, 5.74) is 0.805. The smallest absolute Gasteiger partial charge is 0.225 e. The number of aliphatic hydroxyl groups excluding tert-OH is 1. The second-order valence-corrected chi connectivity index (χ2v) is 8.06. The SMILES string of the molecule is CCC(C)CCCC(C)C(OC)C(C)C(=O)NC(C)C(O)c1ccccc1. The van der Waals surface area contributed by atoms with Crippen LogP contribution in [0.4, 0.5) is 0 Å². The van der Waals surface area contributed by atoms with E-state index >= 15 is 0 Å². The molecule has 27 heavy (non-hydrogen) atoms. The molecule has 154 valence electrons. The third-order valence-electron chi connectivity index (χ3n) is 5.78. The highest BCUT2D eigenvalue weighted by molar-refractivity contribution is 5.79. The molecule has 0 fully saturated rings. The fraction of sp³-hybridized carbons (Fsp3) is 0.696. The molecule has 0 bridgehead atoms. The highest BCUT2D eigenvalue weighted by atomic mass is 16.5. The predicted octanol–water partition coefficient (Wildman–Crippen LogP) is 4.73. The van der Waals surface area contributed by atoms with Gasteiger partial charge in [0.25, 0.3) is 0 Å². The Morgan fingerprint density at radius 1 is 1.11 bits per heavy atom. The van der Waals surface area contributed by atoms with Crippen LogP contribution in [-0.4, -0.2) is 30.3 Å². The summed E-state index contributed by atoms with van der Waals surface area (Å²) in [4.78, 5) is 12.7. The van der Waals surface area contributed by atoms with Gasteiger partial charge in [-0.05, 0) is 30.7 Å². The standard InChI is InChI=1S/C23H39NO3/c1-7-16(2)12-11-13-17(3)22(27-6)18(4)23(26)24-19(5)21(25)20-14-9-8-10-15-20/h8-10,14-19,21-22,25H,7,11-13H2,1-6H3,(H,24,26). The maximum atomic E-state index is 12.7. The maximum absolute atomic E-state index is 12.7. The summed E-state index contributed by atoms with van der Waals surface area (Å²) in [6.07, 6.45) is 3.80. The topological polar surface area (TPSA) is 58.6 Å². The molecule has 0 aliphatic rings. The second kappa shape index (κ2) is 12.1. The molecule has 1 amide bonds. The molecular weight excluding hydrogens is 338 g/mol. The van der Waals surface area contributed by atoms with Crippen LogP contribution in [0.3, 0.4) is 0 Å². The fourth-order valence-electron chi connectivity index (χ4n) is 3.61. The van der Waals surface area contributed by atoms with E-state index in [-0.39, 0.29) is 24.0 Å². The Morgan fingerprint density at radius 2 is 1.74 bits per heavy atom.